The van der Waals surface area contributed by atoms with Crippen LogP contribution in [-0.2, 0) is 14.8 Å². The van der Waals surface area contributed by atoms with E-state index in [1.54, 1.807) is 4.90 Å². The maximum atomic E-state index is 12.3. The smallest absolute Gasteiger partial charge is 0.251 e. The van der Waals surface area contributed by atoms with E-state index in [4.69, 9.17) is 0 Å². The minimum absolute atomic E-state index is 0.0404. The summed E-state index contributed by atoms with van der Waals surface area (Å²) in [6, 6.07) is 5.78. The summed E-state index contributed by atoms with van der Waals surface area (Å²) >= 11 is 0. The van der Waals surface area contributed by atoms with Gasteiger partial charge in [0.1, 0.15) is 0 Å². The minimum Gasteiger partial charge on any atom is -0.343 e. The lowest BCUT2D eigenvalue weighted by Gasteiger charge is -2.16. The molecule has 2 rings (SSSR count). The maximum absolute atomic E-state index is 12.3. The number of carbonyl (C=O) groups is 2. The van der Waals surface area contributed by atoms with Crippen molar-refractivity contribution in [3.63, 3.8) is 0 Å². The number of amides is 2. The first-order valence-electron chi connectivity index (χ1n) is 8.21. The van der Waals surface area contributed by atoms with E-state index in [1.807, 2.05) is 0 Å². The Morgan fingerprint density at radius 3 is 2.36 bits per heavy atom. The highest BCUT2D eigenvalue weighted by Crippen LogP contribution is 2.21. The largest absolute Gasteiger partial charge is 0.343 e. The second-order valence-corrected chi connectivity index (χ2v) is 8.90. The highest BCUT2D eigenvalue weighted by atomic mass is 32.2. The predicted octanol–water partition coefficient (Wildman–Crippen LogP) is 0.781. The van der Waals surface area contributed by atoms with Crippen molar-refractivity contribution in [3.05, 3.63) is 29.8 Å². The summed E-state index contributed by atoms with van der Waals surface area (Å²) in [5.41, 5.74) is 0.207. The number of rotatable bonds is 5. The molecule has 8 heteroatoms. The Balaban J connectivity index is 2.01. The number of hydrogen-bond acceptors (Lipinski definition) is 4. The first-order valence-corrected chi connectivity index (χ1v) is 9.65. The summed E-state index contributed by atoms with van der Waals surface area (Å²) in [6.07, 6.45) is 0. The van der Waals surface area contributed by atoms with E-state index < -0.39 is 15.9 Å². The van der Waals surface area contributed by atoms with E-state index in [2.05, 4.69) is 19.2 Å². The number of likely N-dealkylation sites (tertiary alicyclic amines) is 1. The second kappa shape index (κ2) is 7.53. The first-order chi connectivity index (χ1) is 11.6. The van der Waals surface area contributed by atoms with Crippen LogP contribution in [0.5, 0.6) is 0 Å². The van der Waals surface area contributed by atoms with Crippen LogP contribution >= 0.6 is 0 Å². The summed E-state index contributed by atoms with van der Waals surface area (Å²) in [5, 5.41) is 2.57. The molecule has 2 atom stereocenters. The number of nitrogens with one attached hydrogen (secondary N) is 1. The van der Waals surface area contributed by atoms with E-state index in [1.165, 1.54) is 38.4 Å². The third-order valence-corrected chi connectivity index (χ3v) is 6.43. The normalized spacial score (nSPS) is 20.8. The van der Waals surface area contributed by atoms with Gasteiger partial charge in [0.05, 0.1) is 11.4 Å². The zero-order valence-corrected chi connectivity index (χ0v) is 15.8. The average Bonchev–Trinajstić information content (AvgIpc) is 2.91. The highest BCUT2D eigenvalue weighted by molar-refractivity contribution is 7.89. The van der Waals surface area contributed by atoms with Crippen molar-refractivity contribution < 1.29 is 18.0 Å². The molecule has 0 spiro atoms. The molecular weight excluding hydrogens is 342 g/mol. The van der Waals surface area contributed by atoms with Crippen LogP contribution < -0.4 is 5.32 Å². The molecule has 1 aromatic carbocycles. The van der Waals surface area contributed by atoms with Gasteiger partial charge in [0.15, 0.2) is 0 Å². The molecule has 7 nitrogen and oxygen atoms in total. The van der Waals surface area contributed by atoms with Crippen LogP contribution in [0.4, 0.5) is 0 Å². The van der Waals surface area contributed by atoms with Crippen molar-refractivity contribution in [2.24, 2.45) is 11.8 Å². The molecule has 1 heterocycles. The van der Waals surface area contributed by atoms with Gasteiger partial charge in [0.2, 0.25) is 15.9 Å². The lowest BCUT2D eigenvalue weighted by atomic mass is 10.0. The van der Waals surface area contributed by atoms with Gasteiger partial charge in [-0.3, -0.25) is 9.59 Å². The maximum Gasteiger partial charge on any atom is 0.251 e. The van der Waals surface area contributed by atoms with Gasteiger partial charge >= 0.3 is 0 Å². The number of benzene rings is 1. The molecule has 0 aromatic heterocycles. The molecule has 138 valence electrons. The number of nitrogens with zero attached hydrogens (tertiary/aromatic N) is 2. The quantitative estimate of drug-likeness (QED) is 0.833. The standard InChI is InChI=1S/C17H25N3O4S/c1-12-10-20(11-13(12)2)16(21)9-18-17(22)14-6-5-7-15(8-14)25(23,24)19(3)4/h5-8,12-13H,9-11H2,1-4H3,(H,18,22)/t12-,13+. The molecule has 1 aliphatic heterocycles. The molecular formula is C17H25N3O4S. The number of carbonyl (C=O) groups excluding carboxylic acids is 2. The Kier molecular flexibility index (Phi) is 5.84. The minimum atomic E-state index is -3.61. The lowest BCUT2D eigenvalue weighted by Crippen LogP contribution is -2.39. The van der Waals surface area contributed by atoms with Crippen molar-refractivity contribution in [2.75, 3.05) is 33.7 Å². The molecule has 25 heavy (non-hydrogen) atoms. The Morgan fingerprint density at radius 1 is 1.20 bits per heavy atom. The van der Waals surface area contributed by atoms with Gasteiger partial charge < -0.3 is 10.2 Å². The van der Waals surface area contributed by atoms with Crippen molar-refractivity contribution in [3.8, 4) is 0 Å². The van der Waals surface area contributed by atoms with Crippen molar-refractivity contribution in [1.82, 2.24) is 14.5 Å². The molecule has 1 N–H and O–H groups in total. The van der Waals surface area contributed by atoms with Gasteiger partial charge in [0.25, 0.3) is 5.91 Å². The lowest BCUT2D eigenvalue weighted by molar-refractivity contribution is -0.129. The van der Waals surface area contributed by atoms with Crippen LogP contribution in [0.25, 0.3) is 0 Å². The zero-order chi connectivity index (χ0) is 18.8. The Bertz CT molecular complexity index is 751. The Morgan fingerprint density at radius 2 is 1.80 bits per heavy atom. The van der Waals surface area contributed by atoms with E-state index in [0.717, 1.165) is 4.31 Å². The van der Waals surface area contributed by atoms with Gasteiger partial charge in [-0.05, 0) is 30.0 Å². The van der Waals surface area contributed by atoms with E-state index in [0.29, 0.717) is 24.9 Å². The Labute approximate surface area is 149 Å². The monoisotopic (exact) mass is 367 g/mol. The van der Waals surface area contributed by atoms with Crippen molar-refractivity contribution >= 4 is 21.8 Å². The Hall–Kier alpha value is -1.93. The molecule has 1 saturated heterocycles. The van der Waals surface area contributed by atoms with Gasteiger partial charge in [-0.15, -0.1) is 0 Å². The summed E-state index contributed by atoms with van der Waals surface area (Å²) in [4.78, 5) is 26.2. The third-order valence-electron chi connectivity index (χ3n) is 4.62. The molecule has 0 saturated carbocycles. The highest BCUT2D eigenvalue weighted by Gasteiger charge is 2.29. The van der Waals surface area contributed by atoms with Crippen LogP contribution in [0.15, 0.2) is 29.2 Å². The summed E-state index contributed by atoms with van der Waals surface area (Å²) < 4.78 is 25.4. The molecule has 1 aromatic rings. The molecule has 0 aliphatic carbocycles. The summed E-state index contributed by atoms with van der Waals surface area (Å²) in [5.74, 6) is 0.311. The van der Waals surface area contributed by atoms with Gasteiger partial charge in [-0.2, -0.15) is 0 Å². The van der Waals surface area contributed by atoms with Crippen LogP contribution in [0.1, 0.15) is 24.2 Å². The van der Waals surface area contributed by atoms with Crippen molar-refractivity contribution in [2.45, 2.75) is 18.7 Å². The predicted molar refractivity (Wildman–Crippen MR) is 94.6 cm³/mol. The molecule has 1 aliphatic rings. The molecule has 1 fully saturated rings. The van der Waals surface area contributed by atoms with E-state index in [9.17, 15) is 18.0 Å². The molecule has 0 radical (unpaired) electrons. The van der Waals surface area contributed by atoms with Crippen LogP contribution in [0.2, 0.25) is 0 Å². The van der Waals surface area contributed by atoms with Gasteiger partial charge in [-0.1, -0.05) is 19.9 Å². The third kappa shape index (κ3) is 4.38. The van der Waals surface area contributed by atoms with E-state index >= 15 is 0 Å². The number of sulfonamides is 1. The fourth-order valence-corrected chi connectivity index (χ4v) is 3.66. The molecule has 2 amide bonds. The zero-order valence-electron chi connectivity index (χ0n) is 15.0. The SMILES string of the molecule is C[C@@H]1CN(C(=O)CNC(=O)c2cccc(S(=O)(=O)N(C)C)c2)C[C@@H]1C. The summed E-state index contributed by atoms with van der Waals surface area (Å²) in [6.45, 7) is 5.52. The average molecular weight is 367 g/mol. The first kappa shape index (κ1) is 19.4. The fourth-order valence-electron chi connectivity index (χ4n) is 2.71. The topological polar surface area (TPSA) is 86.8 Å². The second-order valence-electron chi connectivity index (χ2n) is 6.75. The van der Waals surface area contributed by atoms with Gasteiger partial charge in [-0.25, -0.2) is 12.7 Å². The van der Waals surface area contributed by atoms with E-state index in [-0.39, 0.29) is 22.9 Å². The summed E-state index contributed by atoms with van der Waals surface area (Å²) in [7, 11) is -0.753. The van der Waals surface area contributed by atoms with Crippen LogP contribution in [-0.4, -0.2) is 63.2 Å². The molecule has 0 bridgehead atoms. The van der Waals surface area contributed by atoms with Crippen LogP contribution in [0, 0.1) is 11.8 Å². The number of hydrogen-bond donors (Lipinski definition) is 1. The molecule has 0 unspecified atom stereocenters. The van der Waals surface area contributed by atoms with Crippen LogP contribution in [0.3, 0.4) is 0 Å². The van der Waals surface area contributed by atoms with Gasteiger partial charge in [0, 0.05) is 32.7 Å². The van der Waals surface area contributed by atoms with Crippen molar-refractivity contribution in [1.29, 1.82) is 0 Å². The fraction of sp³-hybridized carbons (Fsp3) is 0.529.